The van der Waals surface area contributed by atoms with Gasteiger partial charge in [-0.2, -0.15) is 4.73 Å². The Kier molecular flexibility index (Phi) is 11.6. The first kappa shape index (κ1) is 46.9. The lowest BCUT2D eigenvalue weighted by Gasteiger charge is -2.49. The lowest BCUT2D eigenvalue weighted by atomic mass is 9.70. The van der Waals surface area contributed by atoms with Crippen LogP contribution in [0.4, 0.5) is 0 Å². The highest BCUT2D eigenvalue weighted by Gasteiger charge is 2.66. The third kappa shape index (κ3) is 7.47. The standard InChI is InChI=1S/C49H60N4O14/c1-20-15-26-37(44-35(20)30(54)18-33(66-44)49(6)46(67-49)43-22(3)65-43)38(27-11-12-28(53(27)62)47(61)50-14-13-34(55)56)39-36(42(26)59)24(31-17-29(51(7)8)40(57)21(2)63-31)16-25(41(39)58)32-19-48(5,52(9)10)45(60)23(4)64-32/h11-12,15-16,18,21-23,29,31-32,38,40,43,45-46,57-58,60,62H,13-14,17,19H2,1-10H3,(H,50,61)(H,55,56)/t21-,22+,23+,29-,31+,32+,38+,40-,43+,45+,46-,48+,49+/m1/s1. The van der Waals surface area contributed by atoms with Crippen LogP contribution >= 0.6 is 0 Å². The maximum atomic E-state index is 15.7. The van der Waals surface area contributed by atoms with Gasteiger partial charge in [-0.05, 0) is 118 Å². The van der Waals surface area contributed by atoms with E-state index < -0.39 is 88.9 Å². The smallest absolute Gasteiger partial charge is 0.305 e. The third-order valence-electron chi connectivity index (χ3n) is 15.3. The number of hydrogen-bond donors (Lipinski definition) is 6. The molecule has 1 amide bonds. The number of hydrogen-bond acceptors (Lipinski definition) is 15. The van der Waals surface area contributed by atoms with Crippen molar-refractivity contribution in [3.63, 3.8) is 0 Å². The molecule has 18 heteroatoms. The number of fused-ring (bicyclic) bond motifs is 4. The Morgan fingerprint density at radius 3 is 2.25 bits per heavy atom. The van der Waals surface area contributed by atoms with E-state index in [2.05, 4.69) is 5.32 Å². The topological polar surface area (TPSA) is 250 Å². The minimum Gasteiger partial charge on any atom is -0.507 e. The van der Waals surface area contributed by atoms with E-state index in [4.69, 9.17) is 23.4 Å². The van der Waals surface area contributed by atoms with Crippen molar-refractivity contribution in [1.82, 2.24) is 19.8 Å². The number of epoxide rings is 2. The van der Waals surface area contributed by atoms with Crippen LogP contribution in [0.5, 0.6) is 5.75 Å². The summed E-state index contributed by atoms with van der Waals surface area (Å²) in [5.41, 5.74) is -1.28. The molecule has 2 aromatic heterocycles. The molecule has 0 unspecified atom stereocenters. The van der Waals surface area contributed by atoms with Crippen LogP contribution in [0, 0.1) is 6.92 Å². The second-order valence-corrected chi connectivity index (χ2v) is 19.9. The number of aromatic hydroxyl groups is 1. The summed E-state index contributed by atoms with van der Waals surface area (Å²) in [6.07, 6.45) is -5.62. The summed E-state index contributed by atoms with van der Waals surface area (Å²) in [5, 5.41) is 60.1. The number of phenolic OH excluding ortho intramolecular Hbond substituents is 1. The van der Waals surface area contributed by atoms with Gasteiger partial charge in [0.1, 0.15) is 35.0 Å². The van der Waals surface area contributed by atoms with Crippen LogP contribution in [-0.2, 0) is 29.3 Å². The number of rotatable bonds is 11. The first-order valence-electron chi connectivity index (χ1n) is 22.8. The van der Waals surface area contributed by atoms with Crippen molar-refractivity contribution in [3.05, 3.63) is 96.6 Å². The fourth-order valence-corrected chi connectivity index (χ4v) is 10.9. The summed E-state index contributed by atoms with van der Waals surface area (Å²) in [7, 11) is 7.38. The molecule has 18 nitrogen and oxygen atoms in total. The zero-order valence-corrected chi connectivity index (χ0v) is 39.3. The van der Waals surface area contributed by atoms with E-state index in [1.807, 2.05) is 51.8 Å². The van der Waals surface area contributed by atoms with Gasteiger partial charge in [0.2, 0.25) is 0 Å². The first-order chi connectivity index (χ1) is 31.5. The average molecular weight is 929 g/mol. The Labute approximate surface area is 386 Å². The number of ether oxygens (including phenoxy) is 4. The molecule has 13 atom stereocenters. The molecule has 4 aliphatic heterocycles. The summed E-state index contributed by atoms with van der Waals surface area (Å²) in [5.74, 6) is -4.00. The molecule has 9 rings (SSSR count). The molecule has 6 heterocycles. The van der Waals surface area contributed by atoms with E-state index in [0.29, 0.717) is 15.9 Å². The van der Waals surface area contributed by atoms with E-state index in [0.717, 1.165) is 0 Å². The minimum atomic E-state index is -1.34. The normalized spacial score (nSPS) is 33.5. The molecule has 0 saturated carbocycles. The molecule has 6 N–H and O–H groups in total. The van der Waals surface area contributed by atoms with Gasteiger partial charge < -0.3 is 64.1 Å². The zero-order chi connectivity index (χ0) is 48.5. The van der Waals surface area contributed by atoms with Gasteiger partial charge in [-0.25, -0.2) is 0 Å². The number of likely N-dealkylation sites (N-methyl/N-ethyl adjacent to an activating group) is 2. The number of carboxylic acid groups (broad SMARTS) is 1. The molecule has 67 heavy (non-hydrogen) atoms. The number of aliphatic hydroxyl groups is 2. The van der Waals surface area contributed by atoms with Crippen molar-refractivity contribution in [2.75, 3.05) is 34.7 Å². The van der Waals surface area contributed by atoms with Crippen molar-refractivity contribution in [2.24, 2.45) is 0 Å². The third-order valence-corrected chi connectivity index (χ3v) is 15.3. The number of amides is 1. The zero-order valence-electron chi connectivity index (χ0n) is 39.3. The molecular formula is C49H60N4O14. The predicted octanol–water partition coefficient (Wildman–Crippen LogP) is 3.85. The van der Waals surface area contributed by atoms with Crippen LogP contribution in [0.25, 0.3) is 11.0 Å². The van der Waals surface area contributed by atoms with E-state index in [1.165, 1.54) is 18.2 Å². The number of aliphatic hydroxyl groups excluding tert-OH is 2. The Morgan fingerprint density at radius 1 is 0.925 bits per heavy atom. The van der Waals surface area contributed by atoms with Crippen molar-refractivity contribution in [1.29, 1.82) is 0 Å². The molecule has 0 spiro atoms. The number of phenols is 1. The summed E-state index contributed by atoms with van der Waals surface area (Å²) >= 11 is 0. The second-order valence-electron chi connectivity index (χ2n) is 19.9. The Balaban J connectivity index is 1.34. The number of nitrogens with one attached hydrogen (secondary N) is 1. The lowest BCUT2D eigenvalue weighted by molar-refractivity contribution is -0.176. The maximum absolute atomic E-state index is 15.7. The van der Waals surface area contributed by atoms with Crippen LogP contribution in [0.3, 0.4) is 0 Å². The SMILES string of the molecule is Cc1cc2c(c3oc([C@]4(C)O[C@@H]4[C@H]4O[C@H]4C)cc(=O)c13)[C@H](c1ccc(C(=O)NCCC(=O)O)n1O)c1c(O)c([C@@H]3C[C@](C)(N(C)C)[C@@H](O)[C@H](C)O3)cc([C@@H]3C[C@@H](N(C)C)[C@H](O)[C@@H](C)O3)c1C2=O. The molecule has 360 valence electrons. The van der Waals surface area contributed by atoms with Crippen molar-refractivity contribution < 1.29 is 63.4 Å². The van der Waals surface area contributed by atoms with E-state index in [-0.39, 0.29) is 99.7 Å². The van der Waals surface area contributed by atoms with Gasteiger partial charge in [0.25, 0.3) is 5.91 Å². The number of aryl methyl sites for hydroxylation is 1. The van der Waals surface area contributed by atoms with Crippen LogP contribution in [0.15, 0.2) is 39.5 Å². The van der Waals surface area contributed by atoms with Gasteiger partial charge >= 0.3 is 5.97 Å². The lowest BCUT2D eigenvalue weighted by Crippen LogP contribution is -2.59. The van der Waals surface area contributed by atoms with E-state index >= 15 is 4.79 Å². The maximum Gasteiger partial charge on any atom is 0.305 e. The molecule has 4 fully saturated rings. The number of ketones is 1. The average Bonchev–Trinajstić information content (AvgIpc) is 4.13. The van der Waals surface area contributed by atoms with Crippen molar-refractivity contribution >= 4 is 28.6 Å². The number of benzene rings is 2. The highest BCUT2D eigenvalue weighted by molar-refractivity contribution is 6.17. The summed E-state index contributed by atoms with van der Waals surface area (Å²) < 4.78 is 32.5. The van der Waals surface area contributed by atoms with Crippen molar-refractivity contribution in [2.45, 2.75) is 139 Å². The Bertz CT molecular complexity index is 2760. The molecule has 4 aromatic rings. The molecular weight excluding hydrogens is 869 g/mol. The van der Waals surface area contributed by atoms with Gasteiger partial charge in [-0.1, -0.05) is 0 Å². The molecule has 0 radical (unpaired) electrons. The van der Waals surface area contributed by atoms with Gasteiger partial charge in [-0.3, -0.25) is 19.2 Å². The van der Waals surface area contributed by atoms with Gasteiger partial charge in [0.05, 0.1) is 66.1 Å². The van der Waals surface area contributed by atoms with Crippen LogP contribution in [0.2, 0.25) is 0 Å². The number of aliphatic carboxylic acids is 1. The summed E-state index contributed by atoms with van der Waals surface area (Å²) in [4.78, 5) is 58.9. The second kappa shape index (κ2) is 16.5. The number of aromatic nitrogens is 1. The van der Waals surface area contributed by atoms with Crippen LogP contribution in [0.1, 0.15) is 138 Å². The fourth-order valence-electron chi connectivity index (χ4n) is 10.9. The highest BCUT2D eigenvalue weighted by Crippen LogP contribution is 2.56. The number of carbonyl (C=O) groups is 3. The molecule has 0 bridgehead atoms. The van der Waals surface area contributed by atoms with E-state index in [1.54, 1.807) is 39.8 Å². The Morgan fingerprint density at radius 2 is 1.61 bits per heavy atom. The summed E-state index contributed by atoms with van der Waals surface area (Å²) in [6.45, 7) is 10.6. The minimum absolute atomic E-state index is 0.00549. The number of carboxylic acids is 1. The highest BCUT2D eigenvalue weighted by atomic mass is 16.7. The number of nitrogens with zero attached hydrogens (tertiary/aromatic N) is 3. The van der Waals surface area contributed by atoms with E-state index in [9.17, 15) is 40.0 Å². The first-order valence-corrected chi connectivity index (χ1v) is 22.8. The van der Waals surface area contributed by atoms with Gasteiger partial charge in [-0.15, -0.1) is 0 Å². The van der Waals surface area contributed by atoms with Crippen LogP contribution < -0.4 is 10.7 Å². The van der Waals surface area contributed by atoms with Gasteiger partial charge in [0, 0.05) is 52.0 Å². The monoisotopic (exact) mass is 928 g/mol. The van der Waals surface area contributed by atoms with Crippen molar-refractivity contribution in [3.8, 4) is 5.75 Å². The largest absolute Gasteiger partial charge is 0.507 e. The molecule has 4 saturated heterocycles. The van der Waals surface area contributed by atoms with Crippen LogP contribution in [-0.4, -0.2) is 147 Å². The predicted molar refractivity (Wildman–Crippen MR) is 240 cm³/mol. The summed E-state index contributed by atoms with van der Waals surface area (Å²) in [6, 6.07) is 7.06. The molecule has 1 aliphatic carbocycles. The molecule has 2 aromatic carbocycles. The fraction of sp³-hybridized carbons (Fsp3) is 0.551. The van der Waals surface area contributed by atoms with Gasteiger partial charge in [0.15, 0.2) is 16.8 Å². The number of carbonyl (C=O) groups excluding carboxylic acids is 2. The Hall–Kier alpha value is -5.18. The quantitative estimate of drug-likeness (QED) is 0.0813. The molecule has 5 aliphatic rings.